The molecule has 1 heteroatoms. The molecule has 12 heavy (non-hydrogen) atoms. The summed E-state index contributed by atoms with van der Waals surface area (Å²) >= 11 is 0. The predicted molar refractivity (Wildman–Crippen MR) is 54.2 cm³/mol. The first-order valence-corrected chi connectivity index (χ1v) is 4.75. The van der Waals surface area contributed by atoms with Crippen LogP contribution < -0.4 is 0 Å². The minimum absolute atomic E-state index is 0.767. The summed E-state index contributed by atoms with van der Waals surface area (Å²) in [4.78, 5) is 2.40. The van der Waals surface area contributed by atoms with Gasteiger partial charge in [-0.25, -0.2) is 0 Å². The van der Waals surface area contributed by atoms with Crippen LogP contribution in [0.15, 0.2) is 24.3 Å². The number of allylic oxidation sites excluding steroid dienone is 3. The first-order chi connectivity index (χ1) is 5.77. The lowest BCUT2D eigenvalue weighted by Gasteiger charge is -2.29. The van der Waals surface area contributed by atoms with E-state index in [0.29, 0.717) is 0 Å². The fourth-order valence-electron chi connectivity index (χ4n) is 1.86. The summed E-state index contributed by atoms with van der Waals surface area (Å²) in [5, 5.41) is 0. The van der Waals surface area contributed by atoms with Crippen LogP contribution in [0.5, 0.6) is 0 Å². The fraction of sp³-hybridized carbons (Fsp3) is 0.636. The molecule has 68 valence electrons. The van der Waals surface area contributed by atoms with E-state index in [1.165, 1.54) is 31.5 Å². The zero-order chi connectivity index (χ0) is 8.97. The van der Waals surface area contributed by atoms with E-state index in [1.807, 2.05) is 6.08 Å². The third-order valence-electron chi connectivity index (χ3n) is 2.76. The quantitative estimate of drug-likeness (QED) is 0.568. The Kier molecular flexibility index (Phi) is 3.54. The minimum Gasteiger partial charge on any atom is -0.306 e. The lowest BCUT2D eigenvalue weighted by molar-refractivity contribution is 0.240. The first kappa shape index (κ1) is 9.53. The molecule has 0 aromatic rings. The molecule has 1 saturated heterocycles. The Hall–Kier alpha value is -0.560. The van der Waals surface area contributed by atoms with Crippen LogP contribution in [0, 0.1) is 5.92 Å². The third kappa shape index (κ3) is 2.21. The second-order valence-corrected chi connectivity index (χ2v) is 3.57. The van der Waals surface area contributed by atoms with Crippen molar-refractivity contribution in [3.8, 4) is 0 Å². The number of likely N-dealkylation sites (tertiary alicyclic amines) is 1. The van der Waals surface area contributed by atoms with Gasteiger partial charge in [0.05, 0.1) is 0 Å². The van der Waals surface area contributed by atoms with E-state index in [2.05, 4.69) is 31.5 Å². The molecule has 0 saturated carbocycles. The van der Waals surface area contributed by atoms with Gasteiger partial charge in [-0.05, 0) is 51.4 Å². The van der Waals surface area contributed by atoms with E-state index < -0.39 is 0 Å². The fourth-order valence-corrected chi connectivity index (χ4v) is 1.86. The van der Waals surface area contributed by atoms with Crippen LogP contribution in [0.1, 0.15) is 19.8 Å². The van der Waals surface area contributed by atoms with Crippen molar-refractivity contribution < 1.29 is 0 Å². The van der Waals surface area contributed by atoms with E-state index in [-0.39, 0.29) is 0 Å². The van der Waals surface area contributed by atoms with Crippen LogP contribution in [0.25, 0.3) is 0 Å². The second-order valence-electron chi connectivity index (χ2n) is 3.57. The molecular formula is C11H19N. The zero-order valence-electron chi connectivity index (χ0n) is 8.21. The van der Waals surface area contributed by atoms with Crippen LogP contribution in [-0.2, 0) is 0 Å². The molecule has 1 aliphatic heterocycles. The normalized spacial score (nSPS) is 22.7. The van der Waals surface area contributed by atoms with Gasteiger partial charge < -0.3 is 4.90 Å². The maximum Gasteiger partial charge on any atom is -0.00159 e. The SMILES string of the molecule is C=CC(=CC)C1CCN(C)CC1. The van der Waals surface area contributed by atoms with Gasteiger partial charge in [0.15, 0.2) is 0 Å². The average Bonchev–Trinajstić information content (AvgIpc) is 2.10. The van der Waals surface area contributed by atoms with E-state index >= 15 is 0 Å². The van der Waals surface area contributed by atoms with Crippen molar-refractivity contribution in [1.29, 1.82) is 0 Å². The van der Waals surface area contributed by atoms with E-state index in [4.69, 9.17) is 0 Å². The van der Waals surface area contributed by atoms with Gasteiger partial charge in [0.1, 0.15) is 0 Å². The van der Waals surface area contributed by atoms with Gasteiger partial charge >= 0.3 is 0 Å². The Morgan fingerprint density at radius 1 is 1.42 bits per heavy atom. The van der Waals surface area contributed by atoms with Gasteiger partial charge in [0.2, 0.25) is 0 Å². The summed E-state index contributed by atoms with van der Waals surface area (Å²) < 4.78 is 0. The lowest BCUT2D eigenvalue weighted by atomic mass is 9.89. The third-order valence-corrected chi connectivity index (χ3v) is 2.76. The van der Waals surface area contributed by atoms with Gasteiger partial charge in [-0.3, -0.25) is 0 Å². The molecule has 0 aromatic heterocycles. The zero-order valence-corrected chi connectivity index (χ0v) is 8.21. The summed E-state index contributed by atoms with van der Waals surface area (Å²) in [6.45, 7) is 8.41. The van der Waals surface area contributed by atoms with Crippen LogP contribution >= 0.6 is 0 Å². The standard InChI is InChI=1S/C11H19N/c1-4-10(5-2)11-6-8-12(3)9-7-11/h4-5,11H,1,6-9H2,2-3H3. The molecule has 0 amide bonds. The highest BCUT2D eigenvalue weighted by Crippen LogP contribution is 2.24. The van der Waals surface area contributed by atoms with E-state index in [0.717, 1.165) is 5.92 Å². The van der Waals surface area contributed by atoms with Crippen molar-refractivity contribution in [2.24, 2.45) is 5.92 Å². The summed E-state index contributed by atoms with van der Waals surface area (Å²) in [6.07, 6.45) is 6.80. The van der Waals surface area contributed by atoms with Gasteiger partial charge in [0, 0.05) is 0 Å². The molecule has 1 aliphatic rings. The van der Waals surface area contributed by atoms with E-state index in [9.17, 15) is 0 Å². The topological polar surface area (TPSA) is 3.24 Å². The lowest BCUT2D eigenvalue weighted by Crippen LogP contribution is -2.30. The first-order valence-electron chi connectivity index (χ1n) is 4.75. The Morgan fingerprint density at radius 2 is 2.00 bits per heavy atom. The van der Waals surface area contributed by atoms with Crippen molar-refractivity contribution in [2.75, 3.05) is 20.1 Å². The minimum atomic E-state index is 0.767. The molecular weight excluding hydrogens is 146 g/mol. The molecule has 1 nitrogen and oxygen atoms in total. The summed E-state index contributed by atoms with van der Waals surface area (Å²) in [5.41, 5.74) is 1.43. The molecule has 0 aliphatic carbocycles. The monoisotopic (exact) mass is 165 g/mol. The van der Waals surface area contributed by atoms with Crippen molar-refractivity contribution in [3.05, 3.63) is 24.3 Å². The summed E-state index contributed by atoms with van der Waals surface area (Å²) in [7, 11) is 2.19. The molecule has 1 fully saturated rings. The van der Waals surface area contributed by atoms with Crippen molar-refractivity contribution in [3.63, 3.8) is 0 Å². The second kappa shape index (κ2) is 4.46. The van der Waals surface area contributed by atoms with Crippen molar-refractivity contribution in [2.45, 2.75) is 19.8 Å². The molecule has 0 aromatic carbocycles. The maximum atomic E-state index is 3.84. The molecule has 0 bridgehead atoms. The molecule has 1 rings (SSSR count). The molecule has 1 heterocycles. The molecule has 0 unspecified atom stereocenters. The van der Waals surface area contributed by atoms with Crippen LogP contribution in [0.3, 0.4) is 0 Å². The summed E-state index contributed by atoms with van der Waals surface area (Å²) in [6, 6.07) is 0. The van der Waals surface area contributed by atoms with Crippen LogP contribution in [-0.4, -0.2) is 25.0 Å². The molecule has 0 radical (unpaired) electrons. The maximum absolute atomic E-state index is 3.84. The highest BCUT2D eigenvalue weighted by Gasteiger charge is 2.17. The highest BCUT2D eigenvalue weighted by atomic mass is 15.1. The van der Waals surface area contributed by atoms with Crippen LogP contribution in [0.2, 0.25) is 0 Å². The number of hydrogen-bond acceptors (Lipinski definition) is 1. The number of rotatable bonds is 2. The van der Waals surface area contributed by atoms with Gasteiger partial charge in [0.25, 0.3) is 0 Å². The Bertz CT molecular complexity index is 173. The number of nitrogens with zero attached hydrogens (tertiary/aromatic N) is 1. The number of piperidine rings is 1. The summed E-state index contributed by atoms with van der Waals surface area (Å²) in [5.74, 6) is 0.767. The highest BCUT2D eigenvalue weighted by molar-refractivity contribution is 5.19. The molecule has 0 atom stereocenters. The van der Waals surface area contributed by atoms with Crippen molar-refractivity contribution >= 4 is 0 Å². The largest absolute Gasteiger partial charge is 0.306 e. The molecule has 0 N–H and O–H groups in total. The predicted octanol–water partition coefficient (Wildman–Crippen LogP) is 2.46. The van der Waals surface area contributed by atoms with Gasteiger partial charge in [-0.2, -0.15) is 0 Å². The Balaban J connectivity index is 2.48. The van der Waals surface area contributed by atoms with Crippen molar-refractivity contribution in [1.82, 2.24) is 4.90 Å². The van der Waals surface area contributed by atoms with Gasteiger partial charge in [-0.15, -0.1) is 0 Å². The Morgan fingerprint density at radius 3 is 2.42 bits per heavy atom. The van der Waals surface area contributed by atoms with Crippen LogP contribution in [0.4, 0.5) is 0 Å². The average molecular weight is 165 g/mol. The van der Waals surface area contributed by atoms with Gasteiger partial charge in [-0.1, -0.05) is 18.7 Å². The molecule has 0 spiro atoms. The smallest absolute Gasteiger partial charge is 0.00159 e. The Labute approximate surface area is 75.8 Å². The van der Waals surface area contributed by atoms with E-state index in [1.54, 1.807) is 0 Å². The number of hydrogen-bond donors (Lipinski definition) is 0.